The molecule has 3 amide bonds. The van der Waals surface area contributed by atoms with Crippen LogP contribution in [0.2, 0.25) is 0 Å². The van der Waals surface area contributed by atoms with Crippen LogP contribution in [0.5, 0.6) is 5.75 Å². The number of hydrogen-bond donors (Lipinski definition) is 3. The van der Waals surface area contributed by atoms with Crippen molar-refractivity contribution in [3.8, 4) is 5.75 Å². The average molecular weight is 383 g/mol. The van der Waals surface area contributed by atoms with E-state index in [2.05, 4.69) is 16.0 Å². The lowest BCUT2D eigenvalue weighted by molar-refractivity contribution is -0.123. The molecule has 148 valence electrons. The Kier molecular flexibility index (Phi) is 7.56. The van der Waals surface area contributed by atoms with E-state index in [1.807, 2.05) is 26.8 Å². The standard InChI is InChI=1S/C21H25N3O4/c1-4-22-20(26)13-28-18-9-7-17(8-10-18)24-19(25)12-23-21(27)16-6-5-14(2)15(3)11-16/h5-11H,4,12-13H2,1-3H3,(H,22,26)(H,23,27)(H,24,25). The minimum Gasteiger partial charge on any atom is -0.484 e. The molecule has 0 heterocycles. The number of aryl methyl sites for hydroxylation is 2. The van der Waals surface area contributed by atoms with Crippen molar-refractivity contribution in [2.45, 2.75) is 20.8 Å². The molecular weight excluding hydrogens is 358 g/mol. The summed E-state index contributed by atoms with van der Waals surface area (Å²) in [5.74, 6) is -0.313. The summed E-state index contributed by atoms with van der Waals surface area (Å²) in [7, 11) is 0. The Labute approximate surface area is 164 Å². The second kappa shape index (κ2) is 10.1. The minimum absolute atomic E-state index is 0.0654. The molecule has 0 bridgehead atoms. The third-order valence-corrected chi connectivity index (χ3v) is 4.06. The number of likely N-dealkylation sites (N-methyl/N-ethyl adjacent to an activating group) is 1. The van der Waals surface area contributed by atoms with Gasteiger partial charge in [-0.2, -0.15) is 0 Å². The van der Waals surface area contributed by atoms with Crippen LogP contribution in [0, 0.1) is 13.8 Å². The van der Waals surface area contributed by atoms with E-state index in [-0.39, 0.29) is 30.9 Å². The second-order valence-corrected chi connectivity index (χ2v) is 6.30. The number of nitrogens with one attached hydrogen (secondary N) is 3. The quantitative estimate of drug-likeness (QED) is 0.651. The topological polar surface area (TPSA) is 96.5 Å². The van der Waals surface area contributed by atoms with Gasteiger partial charge in [0.25, 0.3) is 11.8 Å². The van der Waals surface area contributed by atoms with Gasteiger partial charge in [0.1, 0.15) is 5.75 Å². The lowest BCUT2D eigenvalue weighted by atomic mass is 10.1. The maximum Gasteiger partial charge on any atom is 0.257 e. The molecule has 0 aliphatic carbocycles. The van der Waals surface area contributed by atoms with Gasteiger partial charge in [-0.1, -0.05) is 6.07 Å². The molecule has 2 rings (SSSR count). The van der Waals surface area contributed by atoms with Gasteiger partial charge >= 0.3 is 0 Å². The van der Waals surface area contributed by atoms with Gasteiger partial charge in [0.2, 0.25) is 5.91 Å². The summed E-state index contributed by atoms with van der Waals surface area (Å²) in [6, 6.07) is 12.0. The predicted molar refractivity (Wildman–Crippen MR) is 107 cm³/mol. The van der Waals surface area contributed by atoms with Gasteiger partial charge in [0.15, 0.2) is 6.61 Å². The molecule has 0 unspecified atom stereocenters. The molecule has 0 saturated heterocycles. The van der Waals surface area contributed by atoms with E-state index in [1.165, 1.54) is 0 Å². The van der Waals surface area contributed by atoms with Gasteiger partial charge in [-0.05, 0) is 68.3 Å². The van der Waals surface area contributed by atoms with Crippen LogP contribution in [0.4, 0.5) is 5.69 Å². The number of anilines is 1. The fourth-order valence-corrected chi connectivity index (χ4v) is 2.38. The van der Waals surface area contributed by atoms with E-state index >= 15 is 0 Å². The number of ether oxygens (including phenoxy) is 1. The minimum atomic E-state index is -0.340. The predicted octanol–water partition coefficient (Wildman–Crippen LogP) is 2.19. The maximum atomic E-state index is 12.1. The normalized spacial score (nSPS) is 10.1. The van der Waals surface area contributed by atoms with Crippen LogP contribution in [-0.2, 0) is 9.59 Å². The fraction of sp³-hybridized carbons (Fsp3) is 0.286. The molecule has 0 atom stereocenters. The second-order valence-electron chi connectivity index (χ2n) is 6.30. The van der Waals surface area contributed by atoms with Gasteiger partial charge in [-0.15, -0.1) is 0 Å². The van der Waals surface area contributed by atoms with Crippen molar-refractivity contribution in [3.63, 3.8) is 0 Å². The van der Waals surface area contributed by atoms with Crippen molar-refractivity contribution in [1.29, 1.82) is 0 Å². The Bertz CT molecular complexity index is 847. The van der Waals surface area contributed by atoms with Crippen molar-refractivity contribution in [1.82, 2.24) is 10.6 Å². The van der Waals surface area contributed by atoms with E-state index in [0.29, 0.717) is 23.5 Å². The van der Waals surface area contributed by atoms with E-state index in [1.54, 1.807) is 36.4 Å². The molecule has 2 aromatic carbocycles. The zero-order valence-electron chi connectivity index (χ0n) is 16.3. The summed E-state index contributed by atoms with van der Waals surface area (Å²) in [5.41, 5.74) is 3.21. The maximum absolute atomic E-state index is 12.1. The highest BCUT2D eigenvalue weighted by Gasteiger charge is 2.09. The monoisotopic (exact) mass is 383 g/mol. The fourth-order valence-electron chi connectivity index (χ4n) is 2.38. The highest BCUT2D eigenvalue weighted by Crippen LogP contribution is 2.15. The Morgan fingerprint density at radius 1 is 0.893 bits per heavy atom. The molecule has 0 spiro atoms. The Balaban J connectivity index is 1.80. The lowest BCUT2D eigenvalue weighted by Gasteiger charge is -2.09. The third kappa shape index (κ3) is 6.42. The van der Waals surface area contributed by atoms with Crippen LogP contribution < -0.4 is 20.7 Å². The van der Waals surface area contributed by atoms with Gasteiger partial charge in [-0.3, -0.25) is 14.4 Å². The van der Waals surface area contributed by atoms with E-state index in [4.69, 9.17) is 4.74 Å². The summed E-state index contributed by atoms with van der Waals surface area (Å²) in [5, 5.41) is 7.93. The molecule has 0 aliphatic rings. The molecular formula is C21H25N3O4. The molecule has 0 saturated carbocycles. The summed E-state index contributed by atoms with van der Waals surface area (Å²) < 4.78 is 5.34. The molecule has 0 aromatic heterocycles. The SMILES string of the molecule is CCNC(=O)COc1ccc(NC(=O)CNC(=O)c2ccc(C)c(C)c2)cc1. The van der Waals surface area contributed by atoms with Crippen molar-refractivity contribution < 1.29 is 19.1 Å². The third-order valence-electron chi connectivity index (χ3n) is 4.06. The van der Waals surface area contributed by atoms with Gasteiger partial charge in [0.05, 0.1) is 6.54 Å². The van der Waals surface area contributed by atoms with Crippen LogP contribution in [0.3, 0.4) is 0 Å². The van der Waals surface area contributed by atoms with Gasteiger partial charge < -0.3 is 20.7 Å². The zero-order chi connectivity index (χ0) is 20.5. The smallest absolute Gasteiger partial charge is 0.257 e. The average Bonchev–Trinajstić information content (AvgIpc) is 2.68. The van der Waals surface area contributed by atoms with Crippen molar-refractivity contribution in [2.75, 3.05) is 25.0 Å². The van der Waals surface area contributed by atoms with Crippen LogP contribution in [-0.4, -0.2) is 37.4 Å². The lowest BCUT2D eigenvalue weighted by Crippen LogP contribution is -2.32. The van der Waals surface area contributed by atoms with Crippen LogP contribution in [0.25, 0.3) is 0 Å². The molecule has 0 aliphatic heterocycles. The molecule has 7 nitrogen and oxygen atoms in total. The molecule has 3 N–H and O–H groups in total. The number of benzene rings is 2. The Morgan fingerprint density at radius 3 is 2.25 bits per heavy atom. The van der Waals surface area contributed by atoms with E-state index in [9.17, 15) is 14.4 Å². The molecule has 0 radical (unpaired) electrons. The van der Waals surface area contributed by atoms with E-state index in [0.717, 1.165) is 11.1 Å². The zero-order valence-corrected chi connectivity index (χ0v) is 16.3. The first kappa shape index (κ1) is 21.0. The highest BCUT2D eigenvalue weighted by atomic mass is 16.5. The largest absolute Gasteiger partial charge is 0.484 e. The number of amides is 3. The number of rotatable bonds is 8. The van der Waals surface area contributed by atoms with Crippen molar-refractivity contribution in [2.24, 2.45) is 0 Å². The van der Waals surface area contributed by atoms with Crippen LogP contribution >= 0.6 is 0 Å². The summed E-state index contributed by atoms with van der Waals surface area (Å²) in [6.45, 7) is 6.08. The summed E-state index contributed by atoms with van der Waals surface area (Å²) in [6.07, 6.45) is 0. The van der Waals surface area contributed by atoms with Crippen LogP contribution in [0.15, 0.2) is 42.5 Å². The van der Waals surface area contributed by atoms with Gasteiger partial charge in [-0.25, -0.2) is 0 Å². The number of carbonyl (C=O) groups excluding carboxylic acids is 3. The summed E-state index contributed by atoms with van der Waals surface area (Å²) in [4.78, 5) is 35.5. The Morgan fingerprint density at radius 2 is 1.61 bits per heavy atom. The number of hydrogen-bond acceptors (Lipinski definition) is 4. The first-order chi connectivity index (χ1) is 13.4. The van der Waals surface area contributed by atoms with Crippen molar-refractivity contribution in [3.05, 3.63) is 59.2 Å². The van der Waals surface area contributed by atoms with E-state index < -0.39 is 0 Å². The Hall–Kier alpha value is -3.35. The summed E-state index contributed by atoms with van der Waals surface area (Å²) >= 11 is 0. The first-order valence-corrected chi connectivity index (χ1v) is 9.04. The van der Waals surface area contributed by atoms with Crippen LogP contribution in [0.1, 0.15) is 28.4 Å². The molecule has 28 heavy (non-hydrogen) atoms. The first-order valence-electron chi connectivity index (χ1n) is 9.04. The molecule has 0 fully saturated rings. The highest BCUT2D eigenvalue weighted by molar-refractivity contribution is 5.99. The van der Waals surface area contributed by atoms with Gasteiger partial charge in [0, 0.05) is 17.8 Å². The van der Waals surface area contributed by atoms with Crippen molar-refractivity contribution >= 4 is 23.4 Å². The number of carbonyl (C=O) groups is 3. The molecule has 2 aromatic rings. The molecule has 7 heteroatoms.